The van der Waals surface area contributed by atoms with Crippen molar-refractivity contribution >= 4 is 29.5 Å². The molecule has 0 unspecified atom stereocenters. The number of hydrogen-bond acceptors (Lipinski definition) is 5. The number of aliphatic hydroxyl groups is 1. The first kappa shape index (κ1) is 24.3. The Morgan fingerprint density at radius 1 is 1.23 bits per heavy atom. The van der Waals surface area contributed by atoms with E-state index < -0.39 is 18.2 Å². The lowest BCUT2D eigenvalue weighted by atomic mass is 10.0. The Morgan fingerprint density at radius 2 is 1.87 bits per heavy atom. The molecule has 1 aromatic rings. The number of nitrogens with zero attached hydrogens (tertiary/aromatic N) is 2. The Bertz CT molecular complexity index is 876. The summed E-state index contributed by atoms with van der Waals surface area (Å²) in [5.74, 6) is -1.04. The van der Waals surface area contributed by atoms with Crippen LogP contribution in [-0.4, -0.2) is 58.7 Å². The molecule has 1 fully saturated rings. The third-order valence-corrected chi connectivity index (χ3v) is 5.37. The number of carbonyl (C=O) groups is 3. The molecule has 0 saturated carbocycles. The Labute approximate surface area is 183 Å². The number of hydrogen-bond donors (Lipinski definition) is 3. The topological polar surface area (TPSA) is 111 Å². The highest BCUT2D eigenvalue weighted by atomic mass is 16.3. The lowest BCUT2D eigenvalue weighted by Gasteiger charge is -2.26. The van der Waals surface area contributed by atoms with Crippen LogP contribution < -0.4 is 10.6 Å². The van der Waals surface area contributed by atoms with Crippen LogP contribution in [0.15, 0.2) is 35.0 Å². The third-order valence-electron chi connectivity index (χ3n) is 5.37. The monoisotopic (exact) mass is 428 g/mol. The van der Waals surface area contributed by atoms with Crippen molar-refractivity contribution in [1.82, 2.24) is 15.5 Å². The molecule has 1 saturated heterocycles. The summed E-state index contributed by atoms with van der Waals surface area (Å²) in [6.07, 6.45) is 1.16. The average Bonchev–Trinajstić information content (AvgIpc) is 3.12. The van der Waals surface area contributed by atoms with Crippen LogP contribution in [-0.2, 0) is 20.9 Å². The number of aliphatic hydroxyl groups excluding tert-OH is 1. The maximum absolute atomic E-state index is 12.7. The van der Waals surface area contributed by atoms with Gasteiger partial charge in [-0.2, -0.15) is 0 Å². The van der Waals surface area contributed by atoms with Crippen molar-refractivity contribution in [3.8, 4) is 0 Å². The molecule has 3 N–H and O–H groups in total. The average molecular weight is 429 g/mol. The minimum Gasteiger partial charge on any atom is -0.391 e. The van der Waals surface area contributed by atoms with Gasteiger partial charge >= 0.3 is 0 Å². The van der Waals surface area contributed by atoms with Crippen molar-refractivity contribution in [2.45, 2.75) is 65.8 Å². The second-order valence-corrected chi connectivity index (χ2v) is 7.83. The standard InChI is InChI=1S/C23H32N4O4/c1-6-24-15(3)14(2)19-9-7-18(8-10-19)12-25-22(30)21-11-20(29)13-27(21)23(31)16(4)26-17(5)28/h6-10,16,20-21,29H,11-13H2,1-5H3,(H,25,30)(H,26,28)/b15-14+,24-6?/t16-,20+,21-/m0/s1. The van der Waals surface area contributed by atoms with E-state index >= 15 is 0 Å². The van der Waals surface area contributed by atoms with E-state index in [9.17, 15) is 19.5 Å². The van der Waals surface area contributed by atoms with Gasteiger partial charge in [0.05, 0.1) is 6.10 Å². The number of likely N-dealkylation sites (tertiary alicyclic amines) is 1. The molecule has 1 aromatic carbocycles. The summed E-state index contributed by atoms with van der Waals surface area (Å²) in [6.45, 7) is 9.12. The van der Waals surface area contributed by atoms with Crippen molar-refractivity contribution < 1.29 is 19.5 Å². The van der Waals surface area contributed by atoms with E-state index in [0.717, 1.165) is 22.4 Å². The molecule has 0 spiro atoms. The van der Waals surface area contributed by atoms with Crippen LogP contribution in [0.4, 0.5) is 0 Å². The van der Waals surface area contributed by atoms with Crippen LogP contribution in [0, 0.1) is 0 Å². The van der Waals surface area contributed by atoms with Gasteiger partial charge in [0.2, 0.25) is 17.7 Å². The highest BCUT2D eigenvalue weighted by Gasteiger charge is 2.40. The van der Waals surface area contributed by atoms with E-state index in [-0.39, 0.29) is 30.7 Å². The number of β-amino-alcohol motifs (C(OH)–C–C–N with tert-alkyl or cyclic N) is 1. The lowest BCUT2D eigenvalue weighted by Crippen LogP contribution is -2.52. The predicted molar refractivity (Wildman–Crippen MR) is 120 cm³/mol. The van der Waals surface area contributed by atoms with E-state index in [1.54, 1.807) is 13.1 Å². The summed E-state index contributed by atoms with van der Waals surface area (Å²) in [7, 11) is 0. The van der Waals surface area contributed by atoms with Crippen molar-refractivity contribution in [3.63, 3.8) is 0 Å². The van der Waals surface area contributed by atoms with Gasteiger partial charge in [0.1, 0.15) is 12.1 Å². The molecule has 0 aliphatic carbocycles. The van der Waals surface area contributed by atoms with E-state index in [0.29, 0.717) is 6.54 Å². The molecular weight excluding hydrogens is 396 g/mol. The molecule has 0 radical (unpaired) electrons. The van der Waals surface area contributed by atoms with Crippen LogP contribution in [0.1, 0.15) is 52.2 Å². The predicted octanol–water partition coefficient (Wildman–Crippen LogP) is 1.63. The Morgan fingerprint density at radius 3 is 2.45 bits per heavy atom. The number of aliphatic imine (C=N–C) groups is 1. The van der Waals surface area contributed by atoms with Gasteiger partial charge in [-0.1, -0.05) is 24.3 Å². The van der Waals surface area contributed by atoms with Gasteiger partial charge < -0.3 is 20.6 Å². The smallest absolute Gasteiger partial charge is 0.245 e. The molecule has 168 valence electrons. The maximum atomic E-state index is 12.7. The normalized spacial score (nSPS) is 20.4. The zero-order chi connectivity index (χ0) is 23.1. The SMILES string of the molecule is CC=N/C(C)=C(\C)c1ccc(CNC(=O)[C@@H]2C[C@@H](O)CN2C(=O)[C@H](C)NC(C)=O)cc1. The molecule has 3 atom stereocenters. The fourth-order valence-corrected chi connectivity index (χ4v) is 3.60. The van der Waals surface area contributed by atoms with Gasteiger partial charge in [0.15, 0.2) is 0 Å². The van der Waals surface area contributed by atoms with Crippen molar-refractivity contribution in [2.24, 2.45) is 4.99 Å². The van der Waals surface area contributed by atoms with Crippen LogP contribution in [0.25, 0.3) is 5.57 Å². The summed E-state index contributed by atoms with van der Waals surface area (Å²) < 4.78 is 0. The van der Waals surface area contributed by atoms with Crippen LogP contribution in [0.5, 0.6) is 0 Å². The van der Waals surface area contributed by atoms with E-state index in [1.165, 1.54) is 11.8 Å². The van der Waals surface area contributed by atoms with Gasteiger partial charge in [0.25, 0.3) is 0 Å². The number of allylic oxidation sites excluding steroid dienone is 2. The van der Waals surface area contributed by atoms with E-state index in [2.05, 4.69) is 15.6 Å². The molecule has 8 heteroatoms. The van der Waals surface area contributed by atoms with Gasteiger partial charge in [-0.15, -0.1) is 0 Å². The largest absolute Gasteiger partial charge is 0.391 e. The number of amides is 3. The summed E-state index contributed by atoms with van der Waals surface area (Å²) in [4.78, 5) is 42.2. The van der Waals surface area contributed by atoms with Crippen molar-refractivity contribution in [1.29, 1.82) is 0 Å². The molecule has 2 rings (SSSR count). The summed E-state index contributed by atoms with van der Waals surface area (Å²) >= 11 is 0. The third kappa shape index (κ3) is 6.49. The number of carbonyl (C=O) groups excluding carboxylic acids is 3. The first-order valence-electron chi connectivity index (χ1n) is 10.4. The number of nitrogens with one attached hydrogen (secondary N) is 2. The Hall–Kier alpha value is -3.00. The van der Waals surface area contributed by atoms with Crippen LogP contribution in [0.2, 0.25) is 0 Å². The number of benzene rings is 1. The summed E-state index contributed by atoms with van der Waals surface area (Å²) in [6, 6.07) is 6.31. The molecule has 0 aromatic heterocycles. The van der Waals surface area contributed by atoms with Crippen molar-refractivity contribution in [2.75, 3.05) is 6.54 Å². The minimum absolute atomic E-state index is 0.0702. The van der Waals surface area contributed by atoms with Crippen LogP contribution >= 0.6 is 0 Å². The molecule has 1 aliphatic heterocycles. The highest BCUT2D eigenvalue weighted by molar-refractivity contribution is 5.92. The zero-order valence-corrected chi connectivity index (χ0v) is 18.8. The minimum atomic E-state index is -0.771. The van der Waals surface area contributed by atoms with Gasteiger partial charge in [0, 0.05) is 38.3 Å². The second kappa shape index (κ2) is 10.9. The maximum Gasteiger partial charge on any atom is 0.245 e. The molecule has 31 heavy (non-hydrogen) atoms. The fraction of sp³-hybridized carbons (Fsp3) is 0.478. The fourth-order valence-electron chi connectivity index (χ4n) is 3.60. The van der Waals surface area contributed by atoms with Gasteiger partial charge in [-0.05, 0) is 44.4 Å². The van der Waals surface area contributed by atoms with E-state index in [4.69, 9.17) is 0 Å². The highest BCUT2D eigenvalue weighted by Crippen LogP contribution is 2.21. The molecular formula is C23H32N4O4. The molecule has 1 aliphatic rings. The summed E-state index contributed by atoms with van der Waals surface area (Å²) in [5.41, 5.74) is 4.00. The van der Waals surface area contributed by atoms with E-state index in [1.807, 2.05) is 45.0 Å². The van der Waals surface area contributed by atoms with Gasteiger partial charge in [-0.3, -0.25) is 19.4 Å². The van der Waals surface area contributed by atoms with Crippen molar-refractivity contribution in [3.05, 3.63) is 41.1 Å². The summed E-state index contributed by atoms with van der Waals surface area (Å²) in [5, 5.41) is 15.4. The zero-order valence-electron chi connectivity index (χ0n) is 18.8. The molecule has 3 amide bonds. The quantitative estimate of drug-likeness (QED) is 0.573. The number of rotatable bonds is 7. The second-order valence-electron chi connectivity index (χ2n) is 7.83. The lowest BCUT2D eigenvalue weighted by molar-refractivity contribution is -0.141. The first-order chi connectivity index (χ1) is 14.6. The molecule has 1 heterocycles. The molecule has 0 bridgehead atoms. The first-order valence-corrected chi connectivity index (χ1v) is 10.4. The van der Waals surface area contributed by atoms with Gasteiger partial charge in [-0.25, -0.2) is 0 Å². The Balaban J connectivity index is 2.01. The molecule has 8 nitrogen and oxygen atoms in total. The van der Waals surface area contributed by atoms with Crippen LogP contribution in [0.3, 0.4) is 0 Å². The Kier molecular flexibility index (Phi) is 8.50.